The van der Waals surface area contributed by atoms with Crippen molar-refractivity contribution in [2.24, 2.45) is 0 Å². The van der Waals surface area contributed by atoms with Gasteiger partial charge in [-0.1, -0.05) is 18.2 Å². The molecule has 0 bridgehead atoms. The molecule has 1 saturated carbocycles. The van der Waals surface area contributed by atoms with Crippen molar-refractivity contribution in [1.29, 1.82) is 0 Å². The summed E-state index contributed by atoms with van der Waals surface area (Å²) in [7, 11) is 0. The largest absolute Gasteiger partial charge is 0.310 e. The molecule has 4 nitrogen and oxygen atoms in total. The lowest BCUT2D eigenvalue weighted by molar-refractivity contribution is 0.241. The van der Waals surface area contributed by atoms with Crippen LogP contribution in [0.15, 0.2) is 23.0 Å². The zero-order valence-corrected chi connectivity index (χ0v) is 13.9. The van der Waals surface area contributed by atoms with Crippen LogP contribution in [0.4, 0.5) is 0 Å². The van der Waals surface area contributed by atoms with Gasteiger partial charge >= 0.3 is 0 Å². The van der Waals surface area contributed by atoms with Crippen molar-refractivity contribution in [3.8, 4) is 0 Å². The van der Waals surface area contributed by atoms with Gasteiger partial charge in [-0.3, -0.25) is 9.69 Å². The molecular weight excluding hydrogens is 286 g/mol. The topological polar surface area (TPSA) is 49.0 Å². The number of aromatic nitrogens is 2. The fraction of sp³-hybridized carbons (Fsp3) is 0.474. The Morgan fingerprint density at radius 3 is 2.91 bits per heavy atom. The average molecular weight is 309 g/mol. The minimum Gasteiger partial charge on any atom is -0.310 e. The Bertz CT molecular complexity index is 805. The minimum atomic E-state index is 0.0718. The molecule has 1 aromatic heterocycles. The second-order valence-electron chi connectivity index (χ2n) is 6.97. The van der Waals surface area contributed by atoms with E-state index >= 15 is 0 Å². The van der Waals surface area contributed by atoms with Crippen LogP contribution < -0.4 is 5.56 Å². The lowest BCUT2D eigenvalue weighted by Gasteiger charge is -2.28. The number of rotatable bonds is 3. The molecule has 2 heterocycles. The first-order valence-electron chi connectivity index (χ1n) is 8.51. The van der Waals surface area contributed by atoms with Crippen LogP contribution in [0.25, 0.3) is 0 Å². The summed E-state index contributed by atoms with van der Waals surface area (Å²) in [6, 6.07) is 6.46. The van der Waals surface area contributed by atoms with Crippen molar-refractivity contribution in [2.45, 2.75) is 52.1 Å². The van der Waals surface area contributed by atoms with Crippen LogP contribution in [0, 0.1) is 13.8 Å². The molecular formula is C19H23N3O. The molecule has 1 aliphatic heterocycles. The third kappa shape index (κ3) is 2.83. The van der Waals surface area contributed by atoms with E-state index in [0.717, 1.165) is 36.6 Å². The van der Waals surface area contributed by atoms with Crippen LogP contribution in [0.1, 0.15) is 52.5 Å². The van der Waals surface area contributed by atoms with Crippen molar-refractivity contribution >= 4 is 0 Å². The number of aryl methyl sites for hydroxylation is 1. The Morgan fingerprint density at radius 1 is 1.30 bits per heavy atom. The van der Waals surface area contributed by atoms with Gasteiger partial charge in [-0.15, -0.1) is 0 Å². The van der Waals surface area contributed by atoms with E-state index in [4.69, 9.17) is 4.98 Å². The van der Waals surface area contributed by atoms with Gasteiger partial charge in [-0.2, -0.15) is 0 Å². The molecule has 0 atom stereocenters. The van der Waals surface area contributed by atoms with Gasteiger partial charge in [0.25, 0.3) is 5.56 Å². The van der Waals surface area contributed by atoms with Crippen molar-refractivity contribution in [1.82, 2.24) is 14.9 Å². The van der Waals surface area contributed by atoms with Gasteiger partial charge in [0.1, 0.15) is 5.82 Å². The van der Waals surface area contributed by atoms with E-state index in [-0.39, 0.29) is 5.56 Å². The van der Waals surface area contributed by atoms with Crippen LogP contribution in [-0.2, 0) is 19.5 Å². The Kier molecular flexibility index (Phi) is 3.57. The average Bonchev–Trinajstić information content (AvgIpc) is 3.37. The first-order chi connectivity index (χ1) is 11.1. The Balaban J connectivity index is 1.57. The first kappa shape index (κ1) is 14.6. The summed E-state index contributed by atoms with van der Waals surface area (Å²) in [5, 5.41) is 0. The molecule has 1 fully saturated rings. The molecule has 1 aliphatic carbocycles. The predicted octanol–water partition coefficient (Wildman–Crippen LogP) is 2.82. The van der Waals surface area contributed by atoms with Gasteiger partial charge < -0.3 is 4.98 Å². The number of H-pyrrole nitrogens is 1. The van der Waals surface area contributed by atoms with Crippen LogP contribution in [0.3, 0.4) is 0 Å². The van der Waals surface area contributed by atoms with Crippen LogP contribution in [0.2, 0.25) is 0 Å². The number of aromatic amines is 1. The zero-order valence-electron chi connectivity index (χ0n) is 13.9. The normalized spacial score (nSPS) is 18.0. The second kappa shape index (κ2) is 5.60. The summed E-state index contributed by atoms with van der Waals surface area (Å²) < 4.78 is 0. The van der Waals surface area contributed by atoms with E-state index in [1.54, 1.807) is 0 Å². The van der Waals surface area contributed by atoms with Gasteiger partial charge in [0.15, 0.2) is 0 Å². The molecule has 0 radical (unpaired) electrons. The standard InChI is InChI=1S/C19H23N3O/c1-12-4-3-5-15(13(12)2)10-22-9-8-17-16(11-22)19(23)21-18(20-17)14-6-7-14/h3-5,14H,6-11H2,1-2H3,(H,20,21,23). The second-order valence-corrected chi connectivity index (χ2v) is 6.97. The van der Waals surface area contributed by atoms with Crippen molar-refractivity contribution in [2.75, 3.05) is 6.54 Å². The molecule has 2 aromatic rings. The van der Waals surface area contributed by atoms with Gasteiger partial charge in [0.05, 0.1) is 11.3 Å². The minimum absolute atomic E-state index is 0.0718. The van der Waals surface area contributed by atoms with Gasteiger partial charge in [-0.25, -0.2) is 4.98 Å². The third-order valence-electron chi connectivity index (χ3n) is 5.24. The Morgan fingerprint density at radius 2 is 2.13 bits per heavy atom. The molecule has 120 valence electrons. The highest BCUT2D eigenvalue weighted by atomic mass is 16.1. The summed E-state index contributed by atoms with van der Waals surface area (Å²) in [6.07, 6.45) is 3.21. The highest BCUT2D eigenvalue weighted by Crippen LogP contribution is 2.37. The quantitative estimate of drug-likeness (QED) is 0.948. The first-order valence-corrected chi connectivity index (χ1v) is 8.51. The van der Waals surface area contributed by atoms with Crippen molar-refractivity contribution in [3.05, 3.63) is 62.3 Å². The lowest BCUT2D eigenvalue weighted by Crippen LogP contribution is -2.36. The molecule has 0 amide bonds. The van der Waals surface area contributed by atoms with E-state index in [9.17, 15) is 4.79 Å². The molecule has 1 aromatic carbocycles. The molecule has 0 saturated heterocycles. The number of benzene rings is 1. The molecule has 2 aliphatic rings. The molecule has 0 unspecified atom stereocenters. The smallest absolute Gasteiger partial charge is 0.255 e. The van der Waals surface area contributed by atoms with Crippen molar-refractivity contribution < 1.29 is 0 Å². The van der Waals surface area contributed by atoms with Crippen LogP contribution >= 0.6 is 0 Å². The van der Waals surface area contributed by atoms with E-state index in [0.29, 0.717) is 12.5 Å². The maximum atomic E-state index is 12.4. The summed E-state index contributed by atoms with van der Waals surface area (Å²) in [5.41, 5.74) is 6.00. The Hall–Kier alpha value is -1.94. The highest BCUT2D eigenvalue weighted by Gasteiger charge is 2.29. The predicted molar refractivity (Wildman–Crippen MR) is 90.6 cm³/mol. The number of hydrogen-bond donors (Lipinski definition) is 1. The van der Waals surface area contributed by atoms with E-state index in [2.05, 4.69) is 41.9 Å². The zero-order chi connectivity index (χ0) is 16.0. The van der Waals surface area contributed by atoms with Crippen molar-refractivity contribution in [3.63, 3.8) is 0 Å². The van der Waals surface area contributed by atoms with Gasteiger partial charge in [-0.05, 0) is 43.4 Å². The Labute approximate surface area is 136 Å². The lowest BCUT2D eigenvalue weighted by atomic mass is 10.0. The maximum Gasteiger partial charge on any atom is 0.255 e. The van der Waals surface area contributed by atoms with Crippen LogP contribution in [-0.4, -0.2) is 21.4 Å². The summed E-state index contributed by atoms with van der Waals surface area (Å²) in [5.74, 6) is 1.41. The van der Waals surface area contributed by atoms with E-state index in [1.165, 1.54) is 29.5 Å². The SMILES string of the molecule is Cc1cccc(CN2CCc3nc(C4CC4)[nH]c(=O)c3C2)c1C. The molecule has 4 heteroatoms. The number of hydrogen-bond acceptors (Lipinski definition) is 3. The molecule has 0 spiro atoms. The maximum absolute atomic E-state index is 12.4. The van der Waals surface area contributed by atoms with Gasteiger partial charge in [0.2, 0.25) is 0 Å². The summed E-state index contributed by atoms with van der Waals surface area (Å²) in [6.45, 7) is 6.91. The number of nitrogens with one attached hydrogen (secondary N) is 1. The van der Waals surface area contributed by atoms with Crippen LogP contribution in [0.5, 0.6) is 0 Å². The fourth-order valence-corrected chi connectivity index (χ4v) is 3.41. The van der Waals surface area contributed by atoms with E-state index in [1.807, 2.05) is 0 Å². The third-order valence-corrected chi connectivity index (χ3v) is 5.24. The molecule has 23 heavy (non-hydrogen) atoms. The molecule has 4 rings (SSSR count). The fourth-order valence-electron chi connectivity index (χ4n) is 3.41. The van der Waals surface area contributed by atoms with E-state index < -0.39 is 0 Å². The number of fused-ring (bicyclic) bond motifs is 1. The summed E-state index contributed by atoms with van der Waals surface area (Å²) in [4.78, 5) is 22.5. The van der Waals surface area contributed by atoms with Gasteiger partial charge in [0, 0.05) is 32.0 Å². The summed E-state index contributed by atoms with van der Waals surface area (Å²) >= 11 is 0. The molecule has 1 N–H and O–H groups in total. The highest BCUT2D eigenvalue weighted by molar-refractivity contribution is 5.33. The number of nitrogens with zero attached hydrogens (tertiary/aromatic N) is 2. The monoisotopic (exact) mass is 309 g/mol.